The number of thioether (sulfide) groups is 1. The van der Waals surface area contributed by atoms with Crippen molar-refractivity contribution in [2.75, 3.05) is 12.4 Å². The quantitative estimate of drug-likeness (QED) is 0.334. The first-order valence-electron chi connectivity index (χ1n) is 9.46. The number of Topliss-reactive ketones (excluding diaryl/α,β-unsaturated/α-hetero) is 1. The predicted molar refractivity (Wildman–Crippen MR) is 114 cm³/mol. The van der Waals surface area contributed by atoms with Crippen molar-refractivity contribution in [1.29, 1.82) is 0 Å². The van der Waals surface area contributed by atoms with E-state index in [4.69, 9.17) is 4.74 Å². The molecule has 0 aliphatic carbocycles. The molecule has 7 heteroatoms. The zero-order valence-corrected chi connectivity index (χ0v) is 17.4. The molecular formula is C22H22N4O2S. The Kier molecular flexibility index (Phi) is 5.40. The standard InChI is InChI=1S/C22H22N4O2S/c1-4-28-18-10-8-17(9-11-18)26-15(2)13-19(16(26)3)20(27)14-29-22-24-23-21-7-5-6-12-25(21)22/h5-13H,4,14H2,1-3H3. The molecular weight excluding hydrogens is 384 g/mol. The number of carbonyl (C=O) groups excluding carboxylic acids is 1. The highest BCUT2D eigenvalue weighted by molar-refractivity contribution is 7.99. The fourth-order valence-electron chi connectivity index (χ4n) is 3.43. The van der Waals surface area contributed by atoms with Crippen LogP contribution in [0.2, 0.25) is 0 Å². The molecule has 4 aromatic rings. The van der Waals surface area contributed by atoms with E-state index in [0.29, 0.717) is 17.5 Å². The summed E-state index contributed by atoms with van der Waals surface area (Å²) in [6, 6.07) is 15.6. The number of benzene rings is 1. The Morgan fingerprint density at radius 3 is 2.66 bits per heavy atom. The molecule has 0 radical (unpaired) electrons. The minimum Gasteiger partial charge on any atom is -0.494 e. The van der Waals surface area contributed by atoms with E-state index < -0.39 is 0 Å². The Balaban J connectivity index is 1.54. The van der Waals surface area contributed by atoms with Crippen molar-refractivity contribution in [3.63, 3.8) is 0 Å². The van der Waals surface area contributed by atoms with Crippen LogP contribution in [0.25, 0.3) is 11.3 Å². The van der Waals surface area contributed by atoms with Gasteiger partial charge in [-0.25, -0.2) is 0 Å². The van der Waals surface area contributed by atoms with Gasteiger partial charge in [0.2, 0.25) is 0 Å². The Morgan fingerprint density at radius 1 is 1.10 bits per heavy atom. The summed E-state index contributed by atoms with van der Waals surface area (Å²) in [6.45, 7) is 6.60. The third-order valence-corrected chi connectivity index (χ3v) is 5.70. The minimum absolute atomic E-state index is 0.0768. The smallest absolute Gasteiger partial charge is 0.196 e. The van der Waals surface area contributed by atoms with E-state index in [-0.39, 0.29) is 5.78 Å². The number of nitrogens with zero attached hydrogens (tertiary/aromatic N) is 4. The van der Waals surface area contributed by atoms with Gasteiger partial charge in [-0.1, -0.05) is 17.8 Å². The highest BCUT2D eigenvalue weighted by Gasteiger charge is 2.18. The van der Waals surface area contributed by atoms with Gasteiger partial charge in [-0.05, 0) is 63.2 Å². The summed E-state index contributed by atoms with van der Waals surface area (Å²) >= 11 is 1.40. The summed E-state index contributed by atoms with van der Waals surface area (Å²) in [5.41, 5.74) is 4.48. The number of aryl methyl sites for hydroxylation is 1. The van der Waals surface area contributed by atoms with Crippen molar-refractivity contribution >= 4 is 23.2 Å². The summed E-state index contributed by atoms with van der Waals surface area (Å²) in [5.74, 6) is 1.23. The van der Waals surface area contributed by atoms with Crippen molar-refractivity contribution < 1.29 is 9.53 Å². The minimum atomic E-state index is 0.0768. The Labute approximate surface area is 173 Å². The van der Waals surface area contributed by atoms with E-state index >= 15 is 0 Å². The number of rotatable bonds is 7. The molecule has 0 saturated heterocycles. The predicted octanol–water partition coefficient (Wildman–Crippen LogP) is 4.51. The largest absolute Gasteiger partial charge is 0.494 e. The maximum Gasteiger partial charge on any atom is 0.196 e. The first-order chi connectivity index (χ1) is 14.1. The van der Waals surface area contributed by atoms with Crippen LogP contribution in [0.1, 0.15) is 28.7 Å². The second kappa shape index (κ2) is 8.13. The van der Waals surface area contributed by atoms with Gasteiger partial charge in [0.05, 0.1) is 12.4 Å². The molecule has 148 valence electrons. The fourth-order valence-corrected chi connectivity index (χ4v) is 4.23. The number of fused-ring (bicyclic) bond motifs is 1. The molecule has 0 spiro atoms. The summed E-state index contributed by atoms with van der Waals surface area (Å²) in [6.07, 6.45) is 1.90. The van der Waals surface area contributed by atoms with Gasteiger partial charge < -0.3 is 9.30 Å². The van der Waals surface area contributed by atoms with Crippen molar-refractivity contribution in [1.82, 2.24) is 19.2 Å². The Bertz CT molecular complexity index is 1160. The molecule has 0 N–H and O–H groups in total. The molecule has 1 aromatic carbocycles. The lowest BCUT2D eigenvalue weighted by molar-refractivity contribution is 0.102. The maximum atomic E-state index is 12.9. The van der Waals surface area contributed by atoms with E-state index in [0.717, 1.165) is 34.0 Å². The normalized spacial score (nSPS) is 11.1. The molecule has 0 bridgehead atoms. The molecule has 29 heavy (non-hydrogen) atoms. The molecule has 3 heterocycles. The van der Waals surface area contributed by atoms with E-state index in [1.807, 2.05) is 79.9 Å². The third-order valence-electron chi connectivity index (χ3n) is 4.75. The van der Waals surface area contributed by atoms with Gasteiger partial charge in [0.15, 0.2) is 16.6 Å². The fraction of sp³-hybridized carbons (Fsp3) is 0.227. The van der Waals surface area contributed by atoms with Crippen LogP contribution in [0.5, 0.6) is 5.75 Å². The lowest BCUT2D eigenvalue weighted by atomic mass is 10.2. The van der Waals surface area contributed by atoms with E-state index in [1.54, 1.807) is 0 Å². The lowest BCUT2D eigenvalue weighted by Gasteiger charge is -2.11. The molecule has 0 amide bonds. The molecule has 0 aliphatic rings. The Hall–Kier alpha value is -3.06. The summed E-state index contributed by atoms with van der Waals surface area (Å²) in [4.78, 5) is 12.9. The van der Waals surface area contributed by atoms with Crippen LogP contribution in [0.3, 0.4) is 0 Å². The molecule has 0 atom stereocenters. The number of hydrogen-bond donors (Lipinski definition) is 0. The highest BCUT2D eigenvalue weighted by atomic mass is 32.2. The number of ketones is 1. The van der Waals surface area contributed by atoms with Crippen LogP contribution in [0.4, 0.5) is 0 Å². The second-order valence-electron chi connectivity index (χ2n) is 6.67. The van der Waals surface area contributed by atoms with Crippen LogP contribution in [0, 0.1) is 13.8 Å². The molecule has 0 aliphatic heterocycles. The van der Waals surface area contributed by atoms with Crippen LogP contribution < -0.4 is 4.74 Å². The van der Waals surface area contributed by atoms with Crippen molar-refractivity contribution in [2.45, 2.75) is 25.9 Å². The Morgan fingerprint density at radius 2 is 1.90 bits per heavy atom. The average Bonchev–Trinajstić information content (AvgIpc) is 3.28. The SMILES string of the molecule is CCOc1ccc(-n2c(C)cc(C(=O)CSc3nnc4ccccn34)c2C)cc1. The van der Waals surface area contributed by atoms with E-state index in [2.05, 4.69) is 14.8 Å². The molecule has 0 fully saturated rings. The third kappa shape index (κ3) is 3.78. The summed E-state index contributed by atoms with van der Waals surface area (Å²) < 4.78 is 9.51. The van der Waals surface area contributed by atoms with Crippen molar-refractivity contribution in [3.8, 4) is 11.4 Å². The van der Waals surface area contributed by atoms with Crippen LogP contribution >= 0.6 is 11.8 Å². The first kappa shape index (κ1) is 19.3. The molecule has 4 rings (SSSR count). The molecule has 3 aromatic heterocycles. The summed E-state index contributed by atoms with van der Waals surface area (Å²) in [5, 5.41) is 9.03. The average molecular weight is 407 g/mol. The summed E-state index contributed by atoms with van der Waals surface area (Å²) in [7, 11) is 0. The highest BCUT2D eigenvalue weighted by Crippen LogP contribution is 2.25. The lowest BCUT2D eigenvalue weighted by Crippen LogP contribution is -2.06. The number of aromatic nitrogens is 4. The topological polar surface area (TPSA) is 61.4 Å². The first-order valence-corrected chi connectivity index (χ1v) is 10.4. The van der Waals surface area contributed by atoms with Gasteiger partial charge >= 0.3 is 0 Å². The second-order valence-corrected chi connectivity index (χ2v) is 7.61. The molecule has 0 saturated carbocycles. The van der Waals surface area contributed by atoms with Crippen LogP contribution in [-0.2, 0) is 0 Å². The van der Waals surface area contributed by atoms with Gasteiger partial charge in [-0.2, -0.15) is 0 Å². The monoisotopic (exact) mass is 406 g/mol. The number of carbonyl (C=O) groups is 1. The van der Waals surface area contributed by atoms with Gasteiger partial charge in [-0.3, -0.25) is 9.20 Å². The number of hydrogen-bond acceptors (Lipinski definition) is 5. The van der Waals surface area contributed by atoms with Crippen LogP contribution in [-0.4, -0.2) is 37.3 Å². The number of ether oxygens (including phenoxy) is 1. The zero-order chi connectivity index (χ0) is 20.4. The van der Waals surface area contributed by atoms with Gasteiger partial charge in [-0.15, -0.1) is 10.2 Å². The molecule has 0 unspecified atom stereocenters. The molecule has 6 nitrogen and oxygen atoms in total. The van der Waals surface area contributed by atoms with Gasteiger partial charge in [0, 0.05) is 28.8 Å². The van der Waals surface area contributed by atoms with Gasteiger partial charge in [0.25, 0.3) is 0 Å². The zero-order valence-electron chi connectivity index (χ0n) is 16.6. The maximum absolute atomic E-state index is 12.9. The van der Waals surface area contributed by atoms with E-state index in [9.17, 15) is 4.79 Å². The van der Waals surface area contributed by atoms with Crippen molar-refractivity contribution in [3.05, 3.63) is 71.7 Å². The van der Waals surface area contributed by atoms with Gasteiger partial charge in [0.1, 0.15) is 5.75 Å². The van der Waals surface area contributed by atoms with Crippen molar-refractivity contribution in [2.24, 2.45) is 0 Å². The number of pyridine rings is 1. The van der Waals surface area contributed by atoms with Crippen LogP contribution in [0.15, 0.2) is 59.9 Å². The van der Waals surface area contributed by atoms with E-state index in [1.165, 1.54) is 11.8 Å².